The Hall–Kier alpha value is -1.85. The molecule has 2 aromatic carbocycles. The number of benzene rings is 2. The highest BCUT2D eigenvalue weighted by Crippen LogP contribution is 2.35. The highest BCUT2D eigenvalue weighted by molar-refractivity contribution is 7.00. The predicted octanol–water partition coefficient (Wildman–Crippen LogP) is 3.93. The van der Waals surface area contributed by atoms with E-state index in [1.807, 2.05) is 30.3 Å². The monoisotopic (exact) mass is 317 g/mol. The topological polar surface area (TPSA) is 47.0 Å². The molecule has 1 atom stereocenters. The Labute approximate surface area is 131 Å². The van der Waals surface area contributed by atoms with Crippen molar-refractivity contribution in [3.8, 4) is 5.75 Å². The lowest BCUT2D eigenvalue weighted by Crippen LogP contribution is -2.14. The van der Waals surface area contributed by atoms with E-state index >= 15 is 0 Å². The van der Waals surface area contributed by atoms with Gasteiger partial charge in [-0.3, -0.25) is 0 Å². The number of para-hydroxylation sites is 1. The number of halogens is 1. The van der Waals surface area contributed by atoms with Crippen molar-refractivity contribution < 1.29 is 4.74 Å². The average molecular weight is 318 g/mol. The number of ether oxygens (including phenoxy) is 1. The lowest BCUT2D eigenvalue weighted by molar-refractivity contribution is 0.334. The third-order valence-electron chi connectivity index (χ3n) is 3.70. The molecule has 4 nitrogen and oxygen atoms in total. The van der Waals surface area contributed by atoms with Crippen LogP contribution >= 0.6 is 23.3 Å². The van der Waals surface area contributed by atoms with Crippen LogP contribution in [0.4, 0.5) is 5.69 Å². The molecule has 1 aromatic heterocycles. The molecule has 0 spiro atoms. The fraction of sp³-hybridized carbons (Fsp3) is 0.200. The summed E-state index contributed by atoms with van der Waals surface area (Å²) < 4.78 is 14.3. The lowest BCUT2D eigenvalue weighted by atomic mass is 10.0. The van der Waals surface area contributed by atoms with Gasteiger partial charge in [-0.25, -0.2) is 0 Å². The summed E-state index contributed by atoms with van der Waals surface area (Å²) in [6.07, 6.45) is 0. The van der Waals surface area contributed by atoms with E-state index in [0.29, 0.717) is 17.5 Å². The van der Waals surface area contributed by atoms with Gasteiger partial charge >= 0.3 is 0 Å². The normalized spacial score (nSPS) is 16.7. The van der Waals surface area contributed by atoms with Gasteiger partial charge in [0.1, 0.15) is 16.8 Å². The number of anilines is 1. The van der Waals surface area contributed by atoms with Gasteiger partial charge in [0.05, 0.1) is 29.0 Å². The van der Waals surface area contributed by atoms with Gasteiger partial charge in [-0.15, -0.1) is 0 Å². The number of fused-ring (bicyclic) bond motifs is 2. The number of hydrogen-bond donors (Lipinski definition) is 1. The lowest BCUT2D eigenvalue weighted by Gasteiger charge is -2.13. The Morgan fingerprint density at radius 3 is 3.10 bits per heavy atom. The van der Waals surface area contributed by atoms with Gasteiger partial charge in [-0.05, 0) is 18.2 Å². The summed E-state index contributed by atoms with van der Waals surface area (Å²) in [5, 5.41) is 4.09. The van der Waals surface area contributed by atoms with Gasteiger partial charge in [-0.1, -0.05) is 29.8 Å². The fourth-order valence-corrected chi connectivity index (χ4v) is 3.38. The van der Waals surface area contributed by atoms with Crippen molar-refractivity contribution in [2.75, 3.05) is 18.5 Å². The highest BCUT2D eigenvalue weighted by atomic mass is 35.5. The molecule has 2 heterocycles. The SMILES string of the molecule is Clc1ccc2nsnc2c1NCC1COc2ccccc21. The van der Waals surface area contributed by atoms with Gasteiger partial charge < -0.3 is 10.1 Å². The Morgan fingerprint density at radius 1 is 1.24 bits per heavy atom. The summed E-state index contributed by atoms with van der Waals surface area (Å²) in [6, 6.07) is 11.9. The molecule has 4 rings (SSSR count). The molecule has 3 aromatic rings. The quantitative estimate of drug-likeness (QED) is 0.795. The fourth-order valence-electron chi connectivity index (χ4n) is 2.62. The Balaban J connectivity index is 1.60. The molecule has 1 unspecified atom stereocenters. The molecule has 6 heteroatoms. The first-order valence-corrected chi connectivity index (χ1v) is 7.80. The van der Waals surface area contributed by atoms with E-state index in [1.165, 1.54) is 17.3 Å². The van der Waals surface area contributed by atoms with E-state index in [2.05, 4.69) is 20.1 Å². The zero-order valence-electron chi connectivity index (χ0n) is 11.0. The van der Waals surface area contributed by atoms with Crippen LogP contribution in [0.15, 0.2) is 36.4 Å². The molecule has 0 amide bonds. The minimum atomic E-state index is 0.319. The van der Waals surface area contributed by atoms with Crippen LogP contribution in [0.3, 0.4) is 0 Å². The largest absolute Gasteiger partial charge is 0.493 e. The molecule has 1 aliphatic heterocycles. The van der Waals surface area contributed by atoms with Crippen molar-refractivity contribution in [3.05, 3.63) is 47.0 Å². The molecular formula is C15H12ClN3OS. The van der Waals surface area contributed by atoms with Crippen LogP contribution in [0.25, 0.3) is 11.0 Å². The third kappa shape index (κ3) is 2.22. The second kappa shape index (κ2) is 5.16. The molecule has 0 saturated heterocycles. The van der Waals surface area contributed by atoms with Gasteiger partial charge in [0.25, 0.3) is 0 Å². The van der Waals surface area contributed by atoms with E-state index in [9.17, 15) is 0 Å². The zero-order valence-corrected chi connectivity index (χ0v) is 12.6. The van der Waals surface area contributed by atoms with Gasteiger partial charge in [0.15, 0.2) is 0 Å². The Bertz CT molecular complexity index is 804. The molecule has 0 saturated carbocycles. The van der Waals surface area contributed by atoms with Crippen LogP contribution in [0, 0.1) is 0 Å². The minimum Gasteiger partial charge on any atom is -0.493 e. The van der Waals surface area contributed by atoms with Crippen LogP contribution in [0.5, 0.6) is 5.75 Å². The van der Waals surface area contributed by atoms with Crippen molar-refractivity contribution in [1.29, 1.82) is 0 Å². The molecule has 106 valence electrons. The molecule has 0 radical (unpaired) electrons. The predicted molar refractivity (Wildman–Crippen MR) is 85.6 cm³/mol. The number of hydrogen-bond acceptors (Lipinski definition) is 5. The maximum atomic E-state index is 6.29. The molecule has 0 fully saturated rings. The second-order valence-corrected chi connectivity index (χ2v) is 5.92. The Kier molecular flexibility index (Phi) is 3.16. The van der Waals surface area contributed by atoms with E-state index < -0.39 is 0 Å². The molecule has 1 aliphatic rings. The van der Waals surface area contributed by atoms with Gasteiger partial charge in [0.2, 0.25) is 0 Å². The van der Waals surface area contributed by atoms with Crippen LogP contribution in [0.2, 0.25) is 5.02 Å². The van der Waals surface area contributed by atoms with Crippen LogP contribution in [-0.2, 0) is 0 Å². The summed E-state index contributed by atoms with van der Waals surface area (Å²) in [5.41, 5.74) is 3.80. The summed E-state index contributed by atoms with van der Waals surface area (Å²) in [4.78, 5) is 0. The maximum Gasteiger partial charge on any atom is 0.129 e. The second-order valence-electron chi connectivity index (χ2n) is 4.98. The molecular weight excluding hydrogens is 306 g/mol. The standard InChI is InChI=1S/C15H12ClN3OS/c16-11-5-6-12-15(19-21-18-12)14(11)17-7-9-8-20-13-4-2-1-3-10(9)13/h1-6,9,17H,7-8H2. The zero-order chi connectivity index (χ0) is 14.2. The number of rotatable bonds is 3. The van der Waals surface area contributed by atoms with E-state index in [-0.39, 0.29) is 0 Å². The van der Waals surface area contributed by atoms with E-state index in [4.69, 9.17) is 16.3 Å². The van der Waals surface area contributed by atoms with Crippen LogP contribution in [-0.4, -0.2) is 21.9 Å². The first kappa shape index (κ1) is 12.9. The molecule has 1 N–H and O–H groups in total. The summed E-state index contributed by atoms with van der Waals surface area (Å²) in [5.74, 6) is 1.29. The minimum absolute atomic E-state index is 0.319. The van der Waals surface area contributed by atoms with Crippen molar-refractivity contribution in [3.63, 3.8) is 0 Å². The van der Waals surface area contributed by atoms with Crippen molar-refractivity contribution in [1.82, 2.24) is 8.75 Å². The average Bonchev–Trinajstić information content (AvgIpc) is 3.13. The molecule has 0 aliphatic carbocycles. The van der Waals surface area contributed by atoms with Crippen molar-refractivity contribution in [2.24, 2.45) is 0 Å². The Morgan fingerprint density at radius 2 is 2.14 bits per heavy atom. The highest BCUT2D eigenvalue weighted by Gasteiger charge is 2.23. The number of nitrogens with zero attached hydrogens (tertiary/aromatic N) is 2. The summed E-state index contributed by atoms with van der Waals surface area (Å²) >= 11 is 7.49. The molecule has 21 heavy (non-hydrogen) atoms. The smallest absolute Gasteiger partial charge is 0.129 e. The van der Waals surface area contributed by atoms with Gasteiger partial charge in [-0.2, -0.15) is 8.75 Å². The first-order chi connectivity index (χ1) is 10.3. The van der Waals surface area contributed by atoms with Crippen LogP contribution < -0.4 is 10.1 Å². The van der Waals surface area contributed by atoms with E-state index in [0.717, 1.165) is 29.0 Å². The van der Waals surface area contributed by atoms with Crippen molar-refractivity contribution >= 4 is 40.0 Å². The summed E-state index contributed by atoms with van der Waals surface area (Å²) in [7, 11) is 0. The maximum absolute atomic E-state index is 6.29. The summed E-state index contributed by atoms with van der Waals surface area (Å²) in [6.45, 7) is 1.45. The van der Waals surface area contributed by atoms with Crippen molar-refractivity contribution in [2.45, 2.75) is 5.92 Å². The first-order valence-electron chi connectivity index (χ1n) is 6.69. The van der Waals surface area contributed by atoms with Crippen LogP contribution in [0.1, 0.15) is 11.5 Å². The van der Waals surface area contributed by atoms with E-state index in [1.54, 1.807) is 0 Å². The molecule has 0 bridgehead atoms. The third-order valence-corrected chi connectivity index (χ3v) is 4.56. The number of aromatic nitrogens is 2. The van der Waals surface area contributed by atoms with Gasteiger partial charge in [0, 0.05) is 18.0 Å². The number of nitrogens with one attached hydrogen (secondary N) is 1.